The molecule has 1 saturated carbocycles. The lowest BCUT2D eigenvalue weighted by Gasteiger charge is -2.41. The average molecular weight is 325 g/mol. The molecule has 132 valence electrons. The number of ether oxygens (including phenoxy) is 2. The van der Waals surface area contributed by atoms with E-state index in [9.17, 15) is 9.59 Å². The molecule has 5 nitrogen and oxygen atoms in total. The molecule has 1 amide bonds. The molecule has 0 aromatic carbocycles. The SMILES string of the molecule is CC(C)(C)OC(=O)N1CCC(C(=O)OC(C)(C)C)(C2CC2)CC1. The zero-order chi connectivity index (χ0) is 17.5. The third-order valence-corrected chi connectivity index (χ3v) is 4.47. The molecular weight excluding hydrogens is 294 g/mol. The van der Waals surface area contributed by atoms with Crippen molar-refractivity contribution in [2.45, 2.75) is 78.4 Å². The second-order valence-corrected chi connectivity index (χ2v) is 8.90. The van der Waals surface area contributed by atoms with Gasteiger partial charge in [-0.1, -0.05) is 0 Å². The number of carbonyl (C=O) groups is 2. The van der Waals surface area contributed by atoms with Crippen molar-refractivity contribution in [3.05, 3.63) is 0 Å². The minimum atomic E-state index is -0.493. The van der Waals surface area contributed by atoms with Crippen LogP contribution < -0.4 is 0 Å². The van der Waals surface area contributed by atoms with Gasteiger partial charge in [0.2, 0.25) is 0 Å². The lowest BCUT2D eigenvalue weighted by Crippen LogP contribution is -2.50. The Morgan fingerprint density at radius 2 is 1.39 bits per heavy atom. The molecule has 1 heterocycles. The van der Waals surface area contributed by atoms with Crippen molar-refractivity contribution < 1.29 is 19.1 Å². The first-order valence-corrected chi connectivity index (χ1v) is 8.64. The maximum atomic E-state index is 12.8. The third kappa shape index (κ3) is 4.61. The molecule has 2 fully saturated rings. The summed E-state index contributed by atoms with van der Waals surface area (Å²) in [5.74, 6) is 0.328. The van der Waals surface area contributed by atoms with Gasteiger partial charge in [-0.2, -0.15) is 0 Å². The quantitative estimate of drug-likeness (QED) is 0.726. The molecule has 0 N–H and O–H groups in total. The van der Waals surface area contributed by atoms with Gasteiger partial charge in [-0.25, -0.2) is 4.79 Å². The van der Waals surface area contributed by atoms with Crippen LogP contribution in [-0.4, -0.2) is 41.3 Å². The van der Waals surface area contributed by atoms with Crippen LogP contribution in [-0.2, 0) is 14.3 Å². The Hall–Kier alpha value is -1.26. The summed E-state index contributed by atoms with van der Waals surface area (Å²) in [4.78, 5) is 26.7. The number of esters is 1. The summed E-state index contributed by atoms with van der Waals surface area (Å²) in [6.07, 6.45) is 3.24. The van der Waals surface area contributed by atoms with Gasteiger partial charge < -0.3 is 14.4 Å². The number of rotatable bonds is 2. The van der Waals surface area contributed by atoms with Crippen molar-refractivity contribution in [3.8, 4) is 0 Å². The number of piperidine rings is 1. The molecule has 2 rings (SSSR count). The van der Waals surface area contributed by atoms with Crippen LogP contribution in [0.5, 0.6) is 0 Å². The zero-order valence-corrected chi connectivity index (χ0v) is 15.4. The first-order chi connectivity index (χ1) is 10.4. The van der Waals surface area contributed by atoms with E-state index in [0.29, 0.717) is 31.8 Å². The Kier molecular flexibility index (Phi) is 4.71. The third-order valence-electron chi connectivity index (χ3n) is 4.47. The molecular formula is C18H31NO4. The minimum absolute atomic E-state index is 0.0867. The van der Waals surface area contributed by atoms with E-state index in [0.717, 1.165) is 12.8 Å². The van der Waals surface area contributed by atoms with E-state index in [1.165, 1.54) is 0 Å². The summed E-state index contributed by atoms with van der Waals surface area (Å²) in [6, 6.07) is 0. The number of hydrogen-bond acceptors (Lipinski definition) is 4. The van der Waals surface area contributed by atoms with Gasteiger partial charge >= 0.3 is 12.1 Å². The van der Waals surface area contributed by atoms with Crippen LogP contribution in [0.25, 0.3) is 0 Å². The van der Waals surface area contributed by atoms with Crippen molar-refractivity contribution in [2.75, 3.05) is 13.1 Å². The van der Waals surface area contributed by atoms with Gasteiger partial charge in [0.15, 0.2) is 0 Å². The fraction of sp³-hybridized carbons (Fsp3) is 0.889. The fourth-order valence-electron chi connectivity index (χ4n) is 3.21. The summed E-state index contributed by atoms with van der Waals surface area (Å²) >= 11 is 0. The Labute approximate surface area is 139 Å². The van der Waals surface area contributed by atoms with Crippen molar-refractivity contribution in [3.63, 3.8) is 0 Å². The molecule has 1 aliphatic heterocycles. The van der Waals surface area contributed by atoms with Crippen LogP contribution in [0.15, 0.2) is 0 Å². The molecule has 23 heavy (non-hydrogen) atoms. The number of amides is 1. The maximum Gasteiger partial charge on any atom is 0.410 e. The first-order valence-electron chi connectivity index (χ1n) is 8.64. The van der Waals surface area contributed by atoms with Crippen molar-refractivity contribution in [1.82, 2.24) is 4.90 Å². The largest absolute Gasteiger partial charge is 0.460 e. The minimum Gasteiger partial charge on any atom is -0.460 e. The van der Waals surface area contributed by atoms with Crippen LogP contribution in [0.3, 0.4) is 0 Å². The second-order valence-electron chi connectivity index (χ2n) is 8.90. The van der Waals surface area contributed by atoms with Crippen LogP contribution >= 0.6 is 0 Å². The Bertz CT molecular complexity index is 460. The van der Waals surface area contributed by atoms with Gasteiger partial charge in [0.25, 0.3) is 0 Å². The molecule has 0 unspecified atom stereocenters. The molecule has 0 aromatic heterocycles. The first kappa shape index (κ1) is 18.1. The van der Waals surface area contributed by atoms with E-state index < -0.39 is 16.6 Å². The highest BCUT2D eigenvalue weighted by Gasteiger charge is 2.54. The Balaban J connectivity index is 2.01. The highest BCUT2D eigenvalue weighted by atomic mass is 16.6. The van der Waals surface area contributed by atoms with E-state index >= 15 is 0 Å². The predicted molar refractivity (Wildman–Crippen MR) is 88.0 cm³/mol. The van der Waals surface area contributed by atoms with Gasteiger partial charge in [0.1, 0.15) is 11.2 Å². The summed E-state index contributed by atoms with van der Waals surface area (Å²) in [5.41, 5.74) is -1.37. The van der Waals surface area contributed by atoms with E-state index in [2.05, 4.69) is 0 Å². The molecule has 2 aliphatic rings. The molecule has 0 aromatic rings. The van der Waals surface area contributed by atoms with E-state index in [4.69, 9.17) is 9.47 Å². The zero-order valence-electron chi connectivity index (χ0n) is 15.4. The topological polar surface area (TPSA) is 55.8 Å². The standard InChI is InChI=1S/C18H31NO4/c1-16(2,3)22-14(20)18(13-7-8-13)9-11-19(12-10-18)15(21)23-17(4,5)6/h13H,7-12H2,1-6H3. The van der Waals surface area contributed by atoms with E-state index in [1.54, 1.807) is 4.90 Å². The smallest absolute Gasteiger partial charge is 0.410 e. The second kappa shape index (κ2) is 5.99. The summed E-state index contributed by atoms with van der Waals surface area (Å²) in [6.45, 7) is 12.4. The summed E-state index contributed by atoms with van der Waals surface area (Å²) in [7, 11) is 0. The summed E-state index contributed by atoms with van der Waals surface area (Å²) in [5, 5.41) is 0. The number of nitrogens with zero attached hydrogens (tertiary/aromatic N) is 1. The molecule has 0 spiro atoms. The van der Waals surface area contributed by atoms with Crippen molar-refractivity contribution in [2.24, 2.45) is 11.3 Å². The number of hydrogen-bond donors (Lipinski definition) is 0. The van der Waals surface area contributed by atoms with Gasteiger partial charge in [-0.3, -0.25) is 4.79 Å². The lowest BCUT2D eigenvalue weighted by molar-refractivity contribution is -0.172. The molecule has 0 atom stereocenters. The van der Waals surface area contributed by atoms with Gasteiger partial charge in [0.05, 0.1) is 5.41 Å². The predicted octanol–water partition coefficient (Wildman–Crippen LogP) is 3.76. The molecule has 5 heteroatoms. The number of carbonyl (C=O) groups excluding carboxylic acids is 2. The Morgan fingerprint density at radius 3 is 1.78 bits per heavy atom. The number of likely N-dealkylation sites (tertiary alicyclic amines) is 1. The monoisotopic (exact) mass is 325 g/mol. The average Bonchev–Trinajstić information content (AvgIpc) is 3.19. The van der Waals surface area contributed by atoms with Gasteiger partial charge in [-0.15, -0.1) is 0 Å². The Morgan fingerprint density at radius 1 is 0.913 bits per heavy atom. The van der Waals surface area contributed by atoms with Gasteiger partial charge in [0, 0.05) is 13.1 Å². The van der Waals surface area contributed by atoms with Crippen LogP contribution in [0.2, 0.25) is 0 Å². The molecule has 1 saturated heterocycles. The van der Waals surface area contributed by atoms with Crippen molar-refractivity contribution in [1.29, 1.82) is 0 Å². The van der Waals surface area contributed by atoms with Crippen LogP contribution in [0.1, 0.15) is 67.2 Å². The highest BCUT2D eigenvalue weighted by molar-refractivity contribution is 5.79. The summed E-state index contributed by atoms with van der Waals surface area (Å²) < 4.78 is 11.1. The lowest BCUT2D eigenvalue weighted by atomic mass is 9.74. The van der Waals surface area contributed by atoms with Gasteiger partial charge in [-0.05, 0) is 73.1 Å². The molecule has 1 aliphatic carbocycles. The van der Waals surface area contributed by atoms with E-state index in [-0.39, 0.29) is 12.1 Å². The highest BCUT2D eigenvalue weighted by Crippen LogP contribution is 2.52. The van der Waals surface area contributed by atoms with Crippen molar-refractivity contribution >= 4 is 12.1 Å². The van der Waals surface area contributed by atoms with E-state index in [1.807, 2.05) is 41.5 Å². The van der Waals surface area contributed by atoms with Crippen LogP contribution in [0, 0.1) is 11.3 Å². The normalized spacial score (nSPS) is 21.7. The molecule has 0 radical (unpaired) electrons. The fourth-order valence-corrected chi connectivity index (χ4v) is 3.21. The molecule has 0 bridgehead atoms. The maximum absolute atomic E-state index is 12.8. The van der Waals surface area contributed by atoms with Crippen LogP contribution in [0.4, 0.5) is 4.79 Å².